The topological polar surface area (TPSA) is 29.5 Å². The fraction of sp³-hybridized carbons (Fsp3) is 0.0164. The molecule has 0 saturated heterocycles. The molecule has 2 aromatic heterocycles. The van der Waals surface area contributed by atoms with Crippen LogP contribution in [0.1, 0.15) is 22.3 Å². The molecule has 14 rings (SSSR count). The van der Waals surface area contributed by atoms with E-state index < -0.39 is 5.41 Å². The van der Waals surface area contributed by atoms with E-state index in [4.69, 9.17) is 8.83 Å². The van der Waals surface area contributed by atoms with Crippen LogP contribution >= 0.6 is 11.8 Å². The van der Waals surface area contributed by atoms with E-state index in [1.165, 1.54) is 59.9 Å². The summed E-state index contributed by atoms with van der Waals surface area (Å²) in [7, 11) is 0. The molecule has 0 saturated carbocycles. The Morgan fingerprint density at radius 2 is 0.892 bits per heavy atom. The number of para-hydroxylation sites is 1. The molecule has 1 aliphatic carbocycles. The van der Waals surface area contributed by atoms with Crippen molar-refractivity contribution in [2.75, 3.05) is 4.90 Å². The first-order valence-corrected chi connectivity index (χ1v) is 23.0. The highest BCUT2D eigenvalue weighted by Crippen LogP contribution is 2.63. The molecule has 0 amide bonds. The first-order valence-electron chi connectivity index (χ1n) is 22.1. The van der Waals surface area contributed by atoms with Gasteiger partial charge in [-0.2, -0.15) is 0 Å². The van der Waals surface area contributed by atoms with Crippen LogP contribution in [-0.2, 0) is 5.41 Å². The fourth-order valence-electron chi connectivity index (χ4n) is 10.9. The monoisotopic (exact) mass is 847 g/mol. The van der Waals surface area contributed by atoms with Gasteiger partial charge in [-0.05, 0) is 128 Å². The molecule has 65 heavy (non-hydrogen) atoms. The molecule has 1 spiro atoms. The molecule has 304 valence electrons. The molecule has 0 N–H and O–H groups in total. The average Bonchev–Trinajstić information content (AvgIpc) is 4.03. The van der Waals surface area contributed by atoms with Gasteiger partial charge in [-0.3, -0.25) is 0 Å². The Balaban J connectivity index is 1.06. The van der Waals surface area contributed by atoms with E-state index in [9.17, 15) is 0 Å². The highest BCUT2D eigenvalue weighted by molar-refractivity contribution is 7.99. The Kier molecular flexibility index (Phi) is 7.83. The van der Waals surface area contributed by atoms with E-state index in [2.05, 4.69) is 217 Å². The predicted octanol–water partition coefficient (Wildman–Crippen LogP) is 17.1. The Labute approximate surface area is 379 Å². The third kappa shape index (κ3) is 5.32. The number of nitrogens with zero attached hydrogens (tertiary/aromatic N) is 1. The van der Waals surface area contributed by atoms with E-state index >= 15 is 0 Å². The van der Waals surface area contributed by atoms with Gasteiger partial charge in [-0.1, -0.05) is 157 Å². The Morgan fingerprint density at radius 3 is 1.66 bits per heavy atom. The lowest BCUT2D eigenvalue weighted by atomic mass is 9.67. The van der Waals surface area contributed by atoms with Crippen LogP contribution in [0.5, 0.6) is 0 Å². The van der Waals surface area contributed by atoms with E-state index in [1.54, 1.807) is 0 Å². The van der Waals surface area contributed by atoms with Crippen LogP contribution in [-0.4, -0.2) is 0 Å². The molecule has 1 aliphatic heterocycles. The normalized spacial score (nSPS) is 13.3. The summed E-state index contributed by atoms with van der Waals surface area (Å²) in [4.78, 5) is 4.93. The quantitative estimate of drug-likeness (QED) is 0.173. The van der Waals surface area contributed by atoms with E-state index in [-0.39, 0.29) is 0 Å². The first-order chi connectivity index (χ1) is 32.2. The molecule has 0 bridgehead atoms. The molecular weight excluding hydrogens is 811 g/mol. The first kappa shape index (κ1) is 36.4. The number of benzene rings is 10. The maximum absolute atomic E-state index is 6.70. The molecule has 3 heterocycles. The Hall–Kier alpha value is -8.05. The van der Waals surface area contributed by atoms with Crippen LogP contribution in [0.2, 0.25) is 0 Å². The summed E-state index contributed by atoms with van der Waals surface area (Å²) in [5.41, 5.74) is 18.3. The van der Waals surface area contributed by atoms with Crippen molar-refractivity contribution in [3.05, 3.63) is 247 Å². The van der Waals surface area contributed by atoms with Gasteiger partial charge in [0.2, 0.25) is 0 Å². The van der Waals surface area contributed by atoms with Crippen LogP contribution in [0.15, 0.2) is 243 Å². The van der Waals surface area contributed by atoms with Crippen LogP contribution in [0.4, 0.5) is 17.1 Å². The van der Waals surface area contributed by atoms with Gasteiger partial charge in [0, 0.05) is 43.4 Å². The van der Waals surface area contributed by atoms with Crippen LogP contribution in [0.25, 0.3) is 77.3 Å². The SMILES string of the molecule is c1ccc(-c2ccc3c(c2)C2(c4cc(N(c5ccc6c(c5)oc5ccccc56)c5cccc6oc7ccc(-c8ccccc8)cc7c56)ccc4S3)c3ccccc3-c3ccccc32)cc1. The van der Waals surface area contributed by atoms with Gasteiger partial charge < -0.3 is 13.7 Å². The lowest BCUT2D eigenvalue weighted by molar-refractivity contribution is 0.669. The summed E-state index contributed by atoms with van der Waals surface area (Å²) in [6.07, 6.45) is 0. The van der Waals surface area contributed by atoms with Crippen molar-refractivity contribution in [1.29, 1.82) is 0 Å². The number of hydrogen-bond donors (Lipinski definition) is 0. The van der Waals surface area contributed by atoms with Crippen LogP contribution in [0.3, 0.4) is 0 Å². The lowest BCUT2D eigenvalue weighted by Crippen LogP contribution is -2.32. The molecular formula is C61H37NO2S. The second-order valence-electron chi connectivity index (χ2n) is 17.1. The number of fused-ring (bicyclic) bond motifs is 15. The predicted molar refractivity (Wildman–Crippen MR) is 268 cm³/mol. The minimum Gasteiger partial charge on any atom is -0.456 e. The number of hydrogen-bond acceptors (Lipinski definition) is 4. The summed E-state index contributed by atoms with van der Waals surface area (Å²) < 4.78 is 13.3. The molecule has 0 fully saturated rings. The van der Waals surface area contributed by atoms with Crippen molar-refractivity contribution < 1.29 is 8.83 Å². The average molecular weight is 848 g/mol. The smallest absolute Gasteiger partial charge is 0.137 e. The van der Waals surface area contributed by atoms with Crippen molar-refractivity contribution in [2.45, 2.75) is 15.2 Å². The zero-order valence-corrected chi connectivity index (χ0v) is 35.9. The molecule has 0 radical (unpaired) electrons. The van der Waals surface area contributed by atoms with E-state index in [0.29, 0.717) is 0 Å². The summed E-state index contributed by atoms with van der Waals surface area (Å²) in [5, 5.41) is 4.32. The Bertz CT molecular complexity index is 3840. The van der Waals surface area contributed by atoms with Crippen molar-refractivity contribution in [1.82, 2.24) is 0 Å². The standard InChI is InChI=1S/C61H37NO2S/c1-3-14-38(15-4-1)40-26-31-55-48(34-40)60-53(23-13-25-56(60)63-55)62(43-28-30-47-46-20-9-12-24-54(46)64-57(47)37-43)42-29-33-59-52(36-42)61(49-21-10-7-18-44(49)45-19-8-11-22-50(45)61)51-35-41(27-32-58(51)65-59)39-16-5-2-6-17-39/h1-37H. The van der Waals surface area contributed by atoms with Crippen molar-refractivity contribution >= 4 is 72.7 Å². The highest BCUT2D eigenvalue weighted by atomic mass is 32.2. The van der Waals surface area contributed by atoms with Gasteiger partial charge in [-0.25, -0.2) is 0 Å². The minimum atomic E-state index is -0.586. The maximum Gasteiger partial charge on any atom is 0.137 e. The number of furan rings is 2. The van der Waals surface area contributed by atoms with Crippen molar-refractivity contribution in [2.24, 2.45) is 0 Å². The minimum absolute atomic E-state index is 0.586. The van der Waals surface area contributed by atoms with E-state index in [0.717, 1.165) is 66.5 Å². The number of anilines is 3. The molecule has 0 atom stereocenters. The second kappa shape index (κ2) is 14.0. The van der Waals surface area contributed by atoms with Gasteiger partial charge in [0.1, 0.15) is 22.3 Å². The van der Waals surface area contributed by atoms with Gasteiger partial charge >= 0.3 is 0 Å². The highest BCUT2D eigenvalue weighted by Gasteiger charge is 2.50. The molecule has 2 aliphatic rings. The third-order valence-corrected chi connectivity index (χ3v) is 14.9. The van der Waals surface area contributed by atoms with E-state index in [1.807, 2.05) is 23.9 Å². The summed E-state index contributed by atoms with van der Waals surface area (Å²) in [6, 6.07) is 81.6. The zero-order chi connectivity index (χ0) is 42.6. The van der Waals surface area contributed by atoms with Crippen LogP contribution < -0.4 is 4.90 Å². The maximum atomic E-state index is 6.70. The van der Waals surface area contributed by atoms with Gasteiger partial charge in [0.25, 0.3) is 0 Å². The van der Waals surface area contributed by atoms with Crippen molar-refractivity contribution in [3.63, 3.8) is 0 Å². The Morgan fingerprint density at radius 1 is 0.338 bits per heavy atom. The van der Waals surface area contributed by atoms with Crippen molar-refractivity contribution in [3.8, 4) is 33.4 Å². The summed E-state index contributed by atoms with van der Waals surface area (Å²) in [5.74, 6) is 0. The number of rotatable bonds is 5. The summed E-state index contributed by atoms with van der Waals surface area (Å²) >= 11 is 1.87. The molecule has 4 heteroatoms. The van der Waals surface area contributed by atoms with Gasteiger partial charge in [-0.15, -0.1) is 0 Å². The van der Waals surface area contributed by atoms with Crippen LogP contribution in [0, 0.1) is 0 Å². The lowest BCUT2D eigenvalue weighted by Gasteiger charge is -2.40. The summed E-state index contributed by atoms with van der Waals surface area (Å²) in [6.45, 7) is 0. The molecule has 12 aromatic rings. The fourth-order valence-corrected chi connectivity index (χ4v) is 12.1. The van der Waals surface area contributed by atoms with Gasteiger partial charge in [0.15, 0.2) is 0 Å². The molecule has 3 nitrogen and oxygen atoms in total. The zero-order valence-electron chi connectivity index (χ0n) is 35.0. The second-order valence-corrected chi connectivity index (χ2v) is 18.2. The molecule has 10 aromatic carbocycles. The molecule has 0 unspecified atom stereocenters. The largest absolute Gasteiger partial charge is 0.456 e. The van der Waals surface area contributed by atoms with Gasteiger partial charge in [0.05, 0.1) is 16.5 Å². The third-order valence-electron chi connectivity index (χ3n) is 13.7.